The highest BCUT2D eigenvalue weighted by molar-refractivity contribution is 9.10. The molecule has 19 heavy (non-hydrogen) atoms. The van der Waals surface area contributed by atoms with Crippen LogP contribution in [0, 0.1) is 5.92 Å². The molecule has 0 unspecified atom stereocenters. The maximum Gasteiger partial charge on any atom is 0.243 e. The minimum atomic E-state index is -3.44. The molecule has 1 aliphatic heterocycles. The first kappa shape index (κ1) is 14.8. The van der Waals surface area contributed by atoms with Crippen LogP contribution in [0.3, 0.4) is 0 Å². The highest BCUT2D eigenvalue weighted by Gasteiger charge is 2.32. The molecule has 0 amide bonds. The Labute approximate surface area is 121 Å². The molecular weight excluding hydrogens is 332 g/mol. The monoisotopic (exact) mass is 348 g/mol. The van der Waals surface area contributed by atoms with Crippen LogP contribution in [0.25, 0.3) is 0 Å². The lowest BCUT2D eigenvalue weighted by Crippen LogP contribution is -2.30. The molecular formula is C12H17BrN2O3S. The second kappa shape index (κ2) is 5.78. The third-order valence-electron chi connectivity index (χ3n) is 3.34. The van der Waals surface area contributed by atoms with Gasteiger partial charge in [-0.05, 0) is 53.0 Å². The summed E-state index contributed by atoms with van der Waals surface area (Å²) in [6, 6.07) is 4.78. The van der Waals surface area contributed by atoms with E-state index in [4.69, 9.17) is 10.5 Å². The van der Waals surface area contributed by atoms with Crippen LogP contribution in [-0.4, -0.2) is 39.5 Å². The maximum absolute atomic E-state index is 12.5. The van der Waals surface area contributed by atoms with E-state index in [2.05, 4.69) is 15.9 Å². The fraction of sp³-hybridized carbons (Fsp3) is 0.500. The standard InChI is InChI=1S/C12H17BrN2O3S/c1-18-12-3-2-10(6-11(12)13)19(16,17)15-5-4-9(7-14)8-15/h2-3,6,9H,4-5,7-8,14H2,1H3/t9-/m0/s1. The van der Waals surface area contributed by atoms with Crippen molar-refractivity contribution in [1.82, 2.24) is 4.31 Å². The highest BCUT2D eigenvalue weighted by Crippen LogP contribution is 2.30. The Morgan fingerprint density at radius 2 is 2.26 bits per heavy atom. The van der Waals surface area contributed by atoms with Gasteiger partial charge in [-0.25, -0.2) is 8.42 Å². The number of rotatable bonds is 4. The van der Waals surface area contributed by atoms with Crippen molar-refractivity contribution in [2.75, 3.05) is 26.7 Å². The largest absolute Gasteiger partial charge is 0.496 e. The lowest BCUT2D eigenvalue weighted by atomic mass is 10.1. The summed E-state index contributed by atoms with van der Waals surface area (Å²) in [6.45, 7) is 1.56. The van der Waals surface area contributed by atoms with Crippen LogP contribution in [0.15, 0.2) is 27.6 Å². The summed E-state index contributed by atoms with van der Waals surface area (Å²) < 4.78 is 32.2. The molecule has 0 saturated carbocycles. The van der Waals surface area contributed by atoms with Crippen LogP contribution in [0.2, 0.25) is 0 Å². The summed E-state index contributed by atoms with van der Waals surface area (Å²) in [4.78, 5) is 0.276. The molecule has 2 N–H and O–H groups in total. The van der Waals surface area contributed by atoms with E-state index in [1.807, 2.05) is 0 Å². The molecule has 5 nitrogen and oxygen atoms in total. The number of nitrogens with two attached hydrogens (primary N) is 1. The molecule has 7 heteroatoms. The number of benzene rings is 1. The van der Waals surface area contributed by atoms with E-state index in [0.717, 1.165) is 6.42 Å². The molecule has 0 bridgehead atoms. The Morgan fingerprint density at radius 1 is 1.53 bits per heavy atom. The van der Waals surface area contributed by atoms with Crippen LogP contribution in [0.1, 0.15) is 6.42 Å². The smallest absolute Gasteiger partial charge is 0.243 e. The van der Waals surface area contributed by atoms with Crippen LogP contribution < -0.4 is 10.5 Å². The molecule has 1 saturated heterocycles. The van der Waals surface area contributed by atoms with Crippen molar-refractivity contribution < 1.29 is 13.2 Å². The summed E-state index contributed by atoms with van der Waals surface area (Å²) >= 11 is 3.31. The molecule has 1 aromatic rings. The van der Waals surface area contributed by atoms with Crippen molar-refractivity contribution in [2.45, 2.75) is 11.3 Å². The molecule has 106 valence electrons. The Hall–Kier alpha value is -0.630. The zero-order valence-corrected chi connectivity index (χ0v) is 13.1. The minimum Gasteiger partial charge on any atom is -0.496 e. The van der Waals surface area contributed by atoms with Gasteiger partial charge in [0.15, 0.2) is 0 Å². The molecule has 1 aliphatic rings. The number of hydrogen-bond donors (Lipinski definition) is 1. The minimum absolute atomic E-state index is 0.261. The van der Waals surface area contributed by atoms with E-state index in [9.17, 15) is 8.42 Å². The van der Waals surface area contributed by atoms with E-state index in [-0.39, 0.29) is 10.8 Å². The van der Waals surface area contributed by atoms with Gasteiger partial charge < -0.3 is 10.5 Å². The first-order chi connectivity index (χ1) is 8.98. The zero-order valence-electron chi connectivity index (χ0n) is 10.7. The van der Waals surface area contributed by atoms with Crippen LogP contribution in [-0.2, 0) is 10.0 Å². The van der Waals surface area contributed by atoms with Gasteiger partial charge in [0.05, 0.1) is 16.5 Å². The third kappa shape index (κ3) is 2.94. The van der Waals surface area contributed by atoms with Crippen LogP contribution >= 0.6 is 15.9 Å². The van der Waals surface area contributed by atoms with Crippen molar-refractivity contribution in [3.63, 3.8) is 0 Å². The summed E-state index contributed by atoms with van der Waals surface area (Å²) in [6.07, 6.45) is 0.826. The Morgan fingerprint density at radius 3 is 2.79 bits per heavy atom. The maximum atomic E-state index is 12.5. The van der Waals surface area contributed by atoms with Crippen molar-refractivity contribution in [1.29, 1.82) is 0 Å². The zero-order chi connectivity index (χ0) is 14.0. The van der Waals surface area contributed by atoms with E-state index < -0.39 is 10.0 Å². The molecule has 0 aliphatic carbocycles. The Kier molecular flexibility index (Phi) is 4.50. The highest BCUT2D eigenvalue weighted by atomic mass is 79.9. The number of methoxy groups -OCH3 is 1. The topological polar surface area (TPSA) is 72.6 Å². The van der Waals surface area contributed by atoms with Crippen molar-refractivity contribution in [3.05, 3.63) is 22.7 Å². The summed E-state index contributed by atoms with van der Waals surface area (Å²) in [5, 5.41) is 0. The van der Waals surface area contributed by atoms with Crippen molar-refractivity contribution >= 4 is 26.0 Å². The second-order valence-electron chi connectivity index (χ2n) is 4.55. The Balaban J connectivity index is 2.27. The second-order valence-corrected chi connectivity index (χ2v) is 7.34. The molecule has 2 rings (SSSR count). The summed E-state index contributed by atoms with van der Waals surface area (Å²) in [5.41, 5.74) is 5.59. The van der Waals surface area contributed by atoms with Gasteiger partial charge in [-0.2, -0.15) is 4.31 Å². The molecule has 0 aromatic heterocycles. The van der Waals surface area contributed by atoms with Crippen LogP contribution in [0.5, 0.6) is 5.75 Å². The lowest BCUT2D eigenvalue weighted by molar-refractivity contribution is 0.411. The van der Waals surface area contributed by atoms with Gasteiger partial charge in [0.1, 0.15) is 5.75 Å². The average molecular weight is 349 g/mol. The van der Waals surface area contributed by atoms with Crippen molar-refractivity contribution in [3.8, 4) is 5.75 Å². The predicted octanol–water partition coefficient (Wildman–Crippen LogP) is 1.43. The fourth-order valence-corrected chi connectivity index (χ4v) is 4.41. The normalized spacial score (nSPS) is 20.7. The number of hydrogen-bond acceptors (Lipinski definition) is 4. The molecule has 0 spiro atoms. The van der Waals surface area contributed by atoms with E-state index in [1.54, 1.807) is 25.3 Å². The number of ether oxygens (including phenoxy) is 1. The quantitative estimate of drug-likeness (QED) is 0.893. The Bertz CT molecular complexity index is 562. The van der Waals surface area contributed by atoms with Gasteiger partial charge in [0.2, 0.25) is 10.0 Å². The first-order valence-corrected chi connectivity index (χ1v) is 8.26. The van der Waals surface area contributed by atoms with Gasteiger partial charge in [0, 0.05) is 13.1 Å². The van der Waals surface area contributed by atoms with Crippen molar-refractivity contribution in [2.24, 2.45) is 11.7 Å². The summed E-state index contributed by atoms with van der Waals surface area (Å²) in [5.74, 6) is 0.872. The average Bonchev–Trinajstić information content (AvgIpc) is 2.88. The van der Waals surface area contributed by atoms with Gasteiger partial charge in [-0.3, -0.25) is 0 Å². The molecule has 1 heterocycles. The number of sulfonamides is 1. The van der Waals surface area contributed by atoms with Gasteiger partial charge in [-0.1, -0.05) is 0 Å². The molecule has 1 aromatic carbocycles. The first-order valence-electron chi connectivity index (χ1n) is 6.02. The molecule has 0 radical (unpaired) electrons. The number of halogens is 1. The predicted molar refractivity (Wildman–Crippen MR) is 76.6 cm³/mol. The van der Waals surface area contributed by atoms with E-state index >= 15 is 0 Å². The SMILES string of the molecule is COc1ccc(S(=O)(=O)N2CC[C@@H](CN)C2)cc1Br. The third-order valence-corrected chi connectivity index (χ3v) is 5.82. The van der Waals surface area contributed by atoms with Gasteiger partial charge in [-0.15, -0.1) is 0 Å². The van der Waals surface area contributed by atoms with Crippen LogP contribution in [0.4, 0.5) is 0 Å². The molecule has 1 atom stereocenters. The molecule has 1 fully saturated rings. The van der Waals surface area contributed by atoms with Gasteiger partial charge in [0.25, 0.3) is 0 Å². The van der Waals surface area contributed by atoms with Gasteiger partial charge >= 0.3 is 0 Å². The lowest BCUT2D eigenvalue weighted by Gasteiger charge is -2.17. The fourth-order valence-electron chi connectivity index (χ4n) is 2.16. The summed E-state index contributed by atoms with van der Waals surface area (Å²) in [7, 11) is -1.89. The van der Waals surface area contributed by atoms with E-state index in [1.165, 1.54) is 4.31 Å². The number of nitrogens with zero attached hydrogens (tertiary/aromatic N) is 1. The van der Waals surface area contributed by atoms with E-state index in [0.29, 0.717) is 29.9 Å².